The average Bonchev–Trinajstić information content (AvgIpc) is 1.99. The van der Waals surface area contributed by atoms with Crippen LogP contribution in [0, 0.1) is 6.92 Å². The van der Waals surface area contributed by atoms with Gasteiger partial charge in [-0.15, -0.1) is 0 Å². The number of halogens is 2. The zero-order chi connectivity index (χ0) is 10.0. The molecule has 1 amide bonds. The molecule has 1 aromatic rings. The van der Waals surface area contributed by atoms with Gasteiger partial charge in [0.25, 0.3) is 0 Å². The van der Waals surface area contributed by atoms with Crippen molar-refractivity contribution in [2.24, 2.45) is 0 Å². The molecule has 4 heteroatoms. The zero-order valence-corrected chi connectivity index (χ0v) is 10.5. The number of hydrogen-bond donors (Lipinski definition) is 1. The van der Waals surface area contributed by atoms with Crippen LogP contribution in [-0.4, -0.2) is 5.91 Å². The van der Waals surface area contributed by atoms with Crippen molar-refractivity contribution in [2.75, 3.05) is 5.32 Å². The van der Waals surface area contributed by atoms with Gasteiger partial charge in [-0.25, -0.2) is 0 Å². The van der Waals surface area contributed by atoms with Crippen LogP contribution in [0.5, 0.6) is 0 Å². The fourth-order valence-corrected chi connectivity index (χ4v) is 2.04. The van der Waals surface area contributed by atoms with Crippen molar-refractivity contribution in [2.45, 2.75) is 13.8 Å². The topological polar surface area (TPSA) is 29.1 Å². The summed E-state index contributed by atoms with van der Waals surface area (Å²) in [4.78, 5) is 10.8. The maximum atomic E-state index is 10.8. The SMILES string of the molecule is CC(=O)Nc1cc(C)c(Br)cc1Br. The van der Waals surface area contributed by atoms with E-state index in [0.29, 0.717) is 0 Å². The number of benzene rings is 1. The molecule has 0 aliphatic heterocycles. The molecule has 1 rings (SSSR count). The molecule has 0 aromatic heterocycles. The Labute approximate surface area is 94.0 Å². The Bertz CT molecular complexity index is 350. The molecular formula is C9H9Br2NO. The number of nitrogens with one attached hydrogen (secondary N) is 1. The largest absolute Gasteiger partial charge is 0.325 e. The van der Waals surface area contributed by atoms with Gasteiger partial charge in [0.1, 0.15) is 0 Å². The zero-order valence-electron chi connectivity index (χ0n) is 7.32. The van der Waals surface area contributed by atoms with E-state index in [1.807, 2.05) is 19.1 Å². The number of aryl methyl sites for hydroxylation is 1. The number of rotatable bonds is 1. The number of anilines is 1. The quantitative estimate of drug-likeness (QED) is 0.845. The van der Waals surface area contributed by atoms with E-state index in [-0.39, 0.29) is 5.91 Å². The standard InChI is InChI=1S/C9H9Br2NO/c1-5-3-9(12-6(2)13)8(11)4-7(5)10/h3-4H,1-2H3,(H,12,13). The Morgan fingerprint density at radius 3 is 2.46 bits per heavy atom. The van der Waals surface area contributed by atoms with Crippen LogP contribution in [0.4, 0.5) is 5.69 Å². The van der Waals surface area contributed by atoms with Gasteiger partial charge in [-0.3, -0.25) is 4.79 Å². The second-order valence-corrected chi connectivity index (χ2v) is 4.47. The highest BCUT2D eigenvalue weighted by molar-refractivity contribution is 9.11. The number of amides is 1. The lowest BCUT2D eigenvalue weighted by Gasteiger charge is -2.07. The van der Waals surface area contributed by atoms with Crippen LogP contribution in [0.3, 0.4) is 0 Å². The fraction of sp³-hybridized carbons (Fsp3) is 0.222. The second kappa shape index (κ2) is 4.24. The highest BCUT2D eigenvalue weighted by atomic mass is 79.9. The van der Waals surface area contributed by atoms with E-state index in [2.05, 4.69) is 37.2 Å². The summed E-state index contributed by atoms with van der Waals surface area (Å²) in [6, 6.07) is 3.83. The Morgan fingerprint density at radius 2 is 1.92 bits per heavy atom. The van der Waals surface area contributed by atoms with Crippen molar-refractivity contribution in [3.05, 3.63) is 26.6 Å². The molecule has 13 heavy (non-hydrogen) atoms. The van der Waals surface area contributed by atoms with E-state index in [1.165, 1.54) is 6.92 Å². The van der Waals surface area contributed by atoms with Crippen LogP contribution in [0.2, 0.25) is 0 Å². The molecule has 0 unspecified atom stereocenters. The monoisotopic (exact) mass is 305 g/mol. The molecule has 1 N–H and O–H groups in total. The van der Waals surface area contributed by atoms with E-state index in [1.54, 1.807) is 0 Å². The molecule has 0 radical (unpaired) electrons. The Hall–Kier alpha value is -0.350. The van der Waals surface area contributed by atoms with Gasteiger partial charge in [0.05, 0.1) is 5.69 Å². The molecule has 0 saturated carbocycles. The number of carbonyl (C=O) groups is 1. The molecule has 70 valence electrons. The Kier molecular flexibility index (Phi) is 3.50. The predicted octanol–water partition coefficient (Wildman–Crippen LogP) is 3.48. The smallest absolute Gasteiger partial charge is 0.221 e. The summed E-state index contributed by atoms with van der Waals surface area (Å²) in [6.45, 7) is 3.46. The molecular weight excluding hydrogens is 298 g/mol. The molecule has 0 atom stereocenters. The van der Waals surface area contributed by atoms with Crippen molar-refractivity contribution in [1.82, 2.24) is 0 Å². The first-order valence-electron chi connectivity index (χ1n) is 3.74. The lowest BCUT2D eigenvalue weighted by molar-refractivity contribution is -0.114. The highest BCUT2D eigenvalue weighted by Gasteiger charge is 2.04. The van der Waals surface area contributed by atoms with Crippen molar-refractivity contribution >= 4 is 43.5 Å². The van der Waals surface area contributed by atoms with E-state index >= 15 is 0 Å². The molecule has 2 nitrogen and oxygen atoms in total. The summed E-state index contributed by atoms with van der Waals surface area (Å²) in [7, 11) is 0. The third-order valence-electron chi connectivity index (χ3n) is 1.56. The van der Waals surface area contributed by atoms with Crippen LogP contribution in [0.25, 0.3) is 0 Å². The van der Waals surface area contributed by atoms with Gasteiger partial charge in [0.2, 0.25) is 5.91 Å². The summed E-state index contributed by atoms with van der Waals surface area (Å²) in [5.74, 6) is -0.0672. The van der Waals surface area contributed by atoms with Crippen LogP contribution >= 0.6 is 31.9 Å². The third kappa shape index (κ3) is 2.81. The molecule has 0 heterocycles. The van der Waals surface area contributed by atoms with Gasteiger partial charge in [-0.05, 0) is 40.5 Å². The lowest BCUT2D eigenvalue weighted by Crippen LogP contribution is -2.06. The highest BCUT2D eigenvalue weighted by Crippen LogP contribution is 2.29. The summed E-state index contributed by atoms with van der Waals surface area (Å²) in [5, 5.41) is 2.73. The Morgan fingerprint density at radius 1 is 1.31 bits per heavy atom. The van der Waals surface area contributed by atoms with Crippen molar-refractivity contribution in [3.63, 3.8) is 0 Å². The molecule has 1 aromatic carbocycles. The minimum Gasteiger partial charge on any atom is -0.325 e. The van der Waals surface area contributed by atoms with Gasteiger partial charge in [-0.1, -0.05) is 15.9 Å². The van der Waals surface area contributed by atoms with E-state index < -0.39 is 0 Å². The first-order valence-corrected chi connectivity index (χ1v) is 5.32. The van der Waals surface area contributed by atoms with Crippen molar-refractivity contribution in [3.8, 4) is 0 Å². The molecule has 0 spiro atoms. The number of hydrogen-bond acceptors (Lipinski definition) is 1. The Balaban J connectivity index is 3.08. The molecule has 0 fully saturated rings. The third-order valence-corrected chi connectivity index (χ3v) is 3.07. The minimum atomic E-state index is -0.0672. The average molecular weight is 307 g/mol. The predicted molar refractivity (Wildman–Crippen MR) is 60.9 cm³/mol. The van der Waals surface area contributed by atoms with Gasteiger partial charge >= 0.3 is 0 Å². The molecule has 0 aliphatic rings. The normalized spacial score (nSPS) is 9.85. The van der Waals surface area contributed by atoms with Crippen molar-refractivity contribution < 1.29 is 4.79 Å². The van der Waals surface area contributed by atoms with E-state index in [9.17, 15) is 4.79 Å². The maximum Gasteiger partial charge on any atom is 0.221 e. The van der Waals surface area contributed by atoms with Crippen molar-refractivity contribution in [1.29, 1.82) is 0 Å². The fourth-order valence-electron chi connectivity index (χ4n) is 0.943. The van der Waals surface area contributed by atoms with E-state index in [0.717, 1.165) is 20.2 Å². The van der Waals surface area contributed by atoms with Gasteiger partial charge in [-0.2, -0.15) is 0 Å². The first kappa shape index (κ1) is 10.7. The lowest BCUT2D eigenvalue weighted by atomic mass is 10.2. The van der Waals surface area contributed by atoms with Gasteiger partial charge < -0.3 is 5.32 Å². The summed E-state index contributed by atoms with van der Waals surface area (Å²) >= 11 is 6.77. The minimum absolute atomic E-state index is 0.0672. The van der Waals surface area contributed by atoms with Gasteiger partial charge in [0, 0.05) is 15.9 Å². The van der Waals surface area contributed by atoms with Crippen LogP contribution < -0.4 is 5.32 Å². The molecule has 0 aliphatic carbocycles. The molecule has 0 bridgehead atoms. The van der Waals surface area contributed by atoms with Crippen LogP contribution in [-0.2, 0) is 4.79 Å². The summed E-state index contributed by atoms with van der Waals surface area (Å²) < 4.78 is 1.90. The second-order valence-electron chi connectivity index (χ2n) is 2.76. The van der Waals surface area contributed by atoms with Crippen LogP contribution in [0.15, 0.2) is 21.1 Å². The first-order chi connectivity index (χ1) is 6.00. The van der Waals surface area contributed by atoms with Crippen LogP contribution in [0.1, 0.15) is 12.5 Å². The van der Waals surface area contributed by atoms with Gasteiger partial charge in [0.15, 0.2) is 0 Å². The van der Waals surface area contributed by atoms with E-state index in [4.69, 9.17) is 0 Å². The maximum absolute atomic E-state index is 10.8. The summed E-state index contributed by atoms with van der Waals surface area (Å²) in [6.07, 6.45) is 0. The molecule has 0 saturated heterocycles. The number of carbonyl (C=O) groups excluding carboxylic acids is 1. The summed E-state index contributed by atoms with van der Waals surface area (Å²) in [5.41, 5.74) is 1.89.